The molecule has 2 aromatic rings. The van der Waals surface area contributed by atoms with Gasteiger partial charge >= 0.3 is 0 Å². The summed E-state index contributed by atoms with van der Waals surface area (Å²) in [6, 6.07) is 6.89. The van der Waals surface area contributed by atoms with Crippen molar-refractivity contribution in [3.8, 4) is 5.88 Å². The molecule has 1 aromatic carbocycles. The van der Waals surface area contributed by atoms with Gasteiger partial charge in [0.25, 0.3) is 0 Å². The number of nitrogens with zero attached hydrogens (tertiary/aromatic N) is 2. The smallest absolute Gasteiger partial charge is 0.243 e. The predicted molar refractivity (Wildman–Crippen MR) is 120 cm³/mol. The van der Waals surface area contributed by atoms with E-state index in [1.165, 1.54) is 19.3 Å². The van der Waals surface area contributed by atoms with Gasteiger partial charge in [-0.25, -0.2) is 13.4 Å². The van der Waals surface area contributed by atoms with Gasteiger partial charge in [-0.3, -0.25) is 0 Å². The first kappa shape index (κ1) is 21.7. The standard InChI is InChI=1S/C20H28IN3O3S/c1-2-3-4-5-11-22-15-8-7-12-24(14-15)28(26,27)18-10-6-9-16-17(18)13-19(21)23-20(16)25/h6,9-10,13,15,22H,2-5,7-8,11-12,14H2,1H3,(H,23,25). The van der Waals surface area contributed by atoms with E-state index < -0.39 is 10.0 Å². The predicted octanol–water partition coefficient (Wildman–Crippen LogP) is 3.87. The van der Waals surface area contributed by atoms with Crippen molar-refractivity contribution in [2.75, 3.05) is 19.6 Å². The minimum Gasteiger partial charge on any atom is -0.493 e. The molecule has 1 unspecified atom stereocenters. The Labute approximate surface area is 180 Å². The molecule has 1 aromatic heterocycles. The van der Waals surface area contributed by atoms with Crippen LogP contribution in [-0.4, -0.2) is 48.5 Å². The second-order valence-corrected chi connectivity index (χ2v) is 10.3. The van der Waals surface area contributed by atoms with E-state index in [-0.39, 0.29) is 16.8 Å². The molecule has 3 rings (SSSR count). The van der Waals surface area contributed by atoms with Crippen molar-refractivity contribution in [1.82, 2.24) is 14.6 Å². The minimum absolute atomic E-state index is 0.135. The lowest BCUT2D eigenvalue weighted by Crippen LogP contribution is -2.48. The molecule has 1 atom stereocenters. The first-order valence-electron chi connectivity index (χ1n) is 9.95. The van der Waals surface area contributed by atoms with Gasteiger partial charge in [-0.2, -0.15) is 4.31 Å². The van der Waals surface area contributed by atoms with Crippen molar-refractivity contribution in [2.24, 2.45) is 0 Å². The fourth-order valence-electron chi connectivity index (χ4n) is 3.75. The van der Waals surface area contributed by atoms with Gasteiger partial charge in [0.15, 0.2) is 0 Å². The number of rotatable bonds is 8. The van der Waals surface area contributed by atoms with Crippen molar-refractivity contribution in [1.29, 1.82) is 0 Å². The number of sulfonamides is 1. The molecule has 0 bridgehead atoms. The molecule has 28 heavy (non-hydrogen) atoms. The summed E-state index contributed by atoms with van der Waals surface area (Å²) in [5, 5.41) is 14.6. The van der Waals surface area contributed by atoms with Gasteiger partial charge in [-0.05, 0) is 66.6 Å². The van der Waals surface area contributed by atoms with Crippen LogP contribution in [0.4, 0.5) is 0 Å². The molecule has 1 fully saturated rings. The molecule has 0 radical (unpaired) electrons. The maximum atomic E-state index is 13.4. The van der Waals surface area contributed by atoms with E-state index >= 15 is 0 Å². The van der Waals surface area contributed by atoms with E-state index in [2.05, 4.69) is 17.2 Å². The largest absolute Gasteiger partial charge is 0.493 e. The fraction of sp³-hybridized carbons (Fsp3) is 0.550. The third kappa shape index (κ3) is 4.95. The molecular formula is C20H28IN3O3S. The van der Waals surface area contributed by atoms with Crippen LogP contribution >= 0.6 is 22.6 Å². The molecule has 1 aliphatic rings. The lowest BCUT2D eigenvalue weighted by atomic mass is 10.1. The third-order valence-corrected chi connectivity index (χ3v) is 7.72. The third-order valence-electron chi connectivity index (χ3n) is 5.25. The Morgan fingerprint density at radius 1 is 1.29 bits per heavy atom. The van der Waals surface area contributed by atoms with Crippen LogP contribution in [0.1, 0.15) is 45.4 Å². The number of pyridine rings is 1. The monoisotopic (exact) mass is 517 g/mol. The lowest BCUT2D eigenvalue weighted by Gasteiger charge is -2.32. The van der Waals surface area contributed by atoms with E-state index in [9.17, 15) is 13.5 Å². The maximum absolute atomic E-state index is 13.4. The molecule has 8 heteroatoms. The van der Waals surface area contributed by atoms with Gasteiger partial charge in [0, 0.05) is 29.9 Å². The van der Waals surface area contributed by atoms with Crippen LogP contribution in [0.25, 0.3) is 10.8 Å². The minimum atomic E-state index is -3.64. The van der Waals surface area contributed by atoms with Gasteiger partial charge in [0.05, 0.1) is 4.90 Å². The summed E-state index contributed by atoms with van der Waals surface area (Å²) in [6.07, 6.45) is 6.65. The normalized spacial score (nSPS) is 18.6. The highest BCUT2D eigenvalue weighted by Crippen LogP contribution is 2.32. The Morgan fingerprint density at radius 3 is 2.89 bits per heavy atom. The number of nitrogens with one attached hydrogen (secondary N) is 1. The number of aromatic hydroxyl groups is 1. The zero-order chi connectivity index (χ0) is 20.1. The van der Waals surface area contributed by atoms with Gasteiger partial charge in [-0.1, -0.05) is 32.3 Å². The zero-order valence-electron chi connectivity index (χ0n) is 16.2. The van der Waals surface area contributed by atoms with Crippen molar-refractivity contribution < 1.29 is 13.5 Å². The van der Waals surface area contributed by atoms with Crippen molar-refractivity contribution in [3.63, 3.8) is 0 Å². The summed E-state index contributed by atoms with van der Waals surface area (Å²) in [7, 11) is -3.64. The molecule has 0 spiro atoms. The fourth-order valence-corrected chi connectivity index (χ4v) is 6.01. The van der Waals surface area contributed by atoms with Crippen LogP contribution < -0.4 is 5.32 Å². The van der Waals surface area contributed by atoms with Crippen LogP contribution in [0.3, 0.4) is 0 Å². The summed E-state index contributed by atoms with van der Waals surface area (Å²) in [5.41, 5.74) is 0. The van der Waals surface area contributed by atoms with E-state index in [1.54, 1.807) is 28.6 Å². The molecule has 1 saturated heterocycles. The number of fused-ring (bicyclic) bond motifs is 1. The second kappa shape index (κ2) is 9.69. The maximum Gasteiger partial charge on any atom is 0.243 e. The number of unbranched alkanes of at least 4 members (excludes halogenated alkanes) is 3. The van der Waals surface area contributed by atoms with Gasteiger partial charge in [0.2, 0.25) is 15.9 Å². The first-order chi connectivity index (χ1) is 13.4. The summed E-state index contributed by atoms with van der Waals surface area (Å²) >= 11 is 1.99. The highest BCUT2D eigenvalue weighted by molar-refractivity contribution is 14.1. The molecule has 0 aliphatic carbocycles. The van der Waals surface area contributed by atoms with Crippen LogP contribution in [0.2, 0.25) is 0 Å². The Bertz CT molecular complexity index is 920. The molecule has 0 saturated carbocycles. The highest BCUT2D eigenvalue weighted by atomic mass is 127. The number of benzene rings is 1. The molecular weight excluding hydrogens is 489 g/mol. The van der Waals surface area contributed by atoms with Gasteiger partial charge in [-0.15, -0.1) is 0 Å². The van der Waals surface area contributed by atoms with Crippen LogP contribution in [0.15, 0.2) is 29.2 Å². The van der Waals surface area contributed by atoms with E-state index in [0.29, 0.717) is 27.6 Å². The summed E-state index contributed by atoms with van der Waals surface area (Å²) in [6.45, 7) is 4.15. The first-order valence-corrected chi connectivity index (χ1v) is 12.5. The lowest BCUT2D eigenvalue weighted by molar-refractivity contribution is 0.283. The van der Waals surface area contributed by atoms with Crippen LogP contribution in [-0.2, 0) is 10.0 Å². The molecule has 1 aliphatic heterocycles. The zero-order valence-corrected chi connectivity index (χ0v) is 19.2. The van der Waals surface area contributed by atoms with E-state index in [0.717, 1.165) is 25.8 Å². The topological polar surface area (TPSA) is 82.5 Å². The Balaban J connectivity index is 1.78. The van der Waals surface area contributed by atoms with Gasteiger partial charge < -0.3 is 10.4 Å². The number of piperidine rings is 1. The van der Waals surface area contributed by atoms with Crippen LogP contribution in [0, 0.1) is 3.70 Å². The Morgan fingerprint density at radius 2 is 2.11 bits per heavy atom. The molecule has 2 heterocycles. The van der Waals surface area contributed by atoms with Crippen molar-refractivity contribution >= 4 is 43.4 Å². The Kier molecular flexibility index (Phi) is 7.52. The summed E-state index contributed by atoms with van der Waals surface area (Å²) in [5.74, 6) is -0.135. The second-order valence-electron chi connectivity index (χ2n) is 7.34. The average Bonchev–Trinajstić information content (AvgIpc) is 2.67. The van der Waals surface area contributed by atoms with Crippen molar-refractivity contribution in [2.45, 2.75) is 56.4 Å². The van der Waals surface area contributed by atoms with Crippen LogP contribution in [0.5, 0.6) is 5.88 Å². The number of hydrogen-bond acceptors (Lipinski definition) is 5. The average molecular weight is 517 g/mol. The number of halogens is 1. The Hall–Kier alpha value is -0.970. The van der Waals surface area contributed by atoms with E-state index in [1.807, 2.05) is 22.6 Å². The van der Waals surface area contributed by atoms with E-state index in [4.69, 9.17) is 0 Å². The van der Waals surface area contributed by atoms with Crippen molar-refractivity contribution in [3.05, 3.63) is 28.0 Å². The molecule has 2 N–H and O–H groups in total. The SMILES string of the molecule is CCCCCCNC1CCCN(S(=O)(=O)c2cccc3c(O)nc(I)cc23)C1. The molecule has 6 nitrogen and oxygen atoms in total. The summed E-state index contributed by atoms with van der Waals surface area (Å²) in [4.78, 5) is 4.27. The molecule has 0 amide bonds. The van der Waals surface area contributed by atoms with Gasteiger partial charge in [0.1, 0.15) is 3.70 Å². The number of aromatic nitrogens is 1. The quantitative estimate of drug-likeness (QED) is 0.316. The number of hydrogen-bond donors (Lipinski definition) is 2. The highest BCUT2D eigenvalue weighted by Gasteiger charge is 2.31. The summed E-state index contributed by atoms with van der Waals surface area (Å²) < 4.78 is 28.9. The molecule has 154 valence electrons.